The Balaban J connectivity index is 2.84. The van der Waals surface area contributed by atoms with Gasteiger partial charge in [-0.3, -0.25) is 4.68 Å². The van der Waals surface area contributed by atoms with Crippen LogP contribution in [0.15, 0.2) is 6.07 Å². The maximum Gasteiger partial charge on any atom is 0.0708 e. The summed E-state index contributed by atoms with van der Waals surface area (Å²) in [6.45, 7) is 6.58. The van der Waals surface area contributed by atoms with Gasteiger partial charge in [-0.2, -0.15) is 5.10 Å². The van der Waals surface area contributed by atoms with E-state index in [4.69, 9.17) is 0 Å². The molecule has 0 spiro atoms. The number of aliphatic hydroxyl groups excluding tert-OH is 1. The highest BCUT2D eigenvalue weighted by Gasteiger charge is 2.06. The van der Waals surface area contributed by atoms with Crippen LogP contribution in [0, 0.1) is 0 Å². The Morgan fingerprint density at radius 3 is 2.62 bits per heavy atom. The van der Waals surface area contributed by atoms with Crippen molar-refractivity contribution in [3.8, 4) is 0 Å². The first kappa shape index (κ1) is 10.3. The number of hydrogen-bond donors (Lipinski definition) is 1. The highest BCUT2D eigenvalue weighted by molar-refractivity contribution is 5.10. The number of aromatic nitrogens is 2. The maximum atomic E-state index is 9.25. The summed E-state index contributed by atoms with van der Waals surface area (Å²) in [6, 6.07) is 2.11. The average Bonchev–Trinajstić information content (AvgIpc) is 2.46. The minimum atomic E-state index is -0.324. The van der Waals surface area contributed by atoms with Crippen molar-refractivity contribution in [2.45, 2.75) is 46.3 Å². The van der Waals surface area contributed by atoms with Crippen LogP contribution in [0.25, 0.3) is 0 Å². The molecule has 0 radical (unpaired) electrons. The molecule has 0 amide bonds. The largest absolute Gasteiger partial charge is 0.391 e. The van der Waals surface area contributed by atoms with E-state index in [9.17, 15) is 5.11 Å². The van der Waals surface area contributed by atoms with Gasteiger partial charge in [0, 0.05) is 5.69 Å². The van der Waals surface area contributed by atoms with Gasteiger partial charge in [0.1, 0.15) is 0 Å². The van der Waals surface area contributed by atoms with E-state index in [1.165, 1.54) is 5.69 Å². The van der Waals surface area contributed by atoms with E-state index in [1.807, 2.05) is 4.68 Å². The summed E-state index contributed by atoms with van der Waals surface area (Å²) in [7, 11) is 0. The highest BCUT2D eigenvalue weighted by atomic mass is 16.3. The van der Waals surface area contributed by atoms with Gasteiger partial charge >= 0.3 is 0 Å². The summed E-state index contributed by atoms with van der Waals surface area (Å²) in [5.41, 5.74) is 2.32. The van der Waals surface area contributed by atoms with Gasteiger partial charge in [-0.1, -0.05) is 13.8 Å². The van der Waals surface area contributed by atoms with Crippen LogP contribution in [0.3, 0.4) is 0 Å². The predicted molar refractivity (Wildman–Crippen MR) is 52.7 cm³/mol. The predicted octanol–water partition coefficient (Wildman–Crippen LogP) is 1.39. The summed E-state index contributed by atoms with van der Waals surface area (Å²) in [4.78, 5) is 0. The molecule has 1 rings (SSSR count). The van der Waals surface area contributed by atoms with Crippen molar-refractivity contribution in [2.24, 2.45) is 0 Å². The molecule has 13 heavy (non-hydrogen) atoms. The third kappa shape index (κ3) is 2.56. The van der Waals surface area contributed by atoms with Crippen LogP contribution in [0.2, 0.25) is 0 Å². The SMILES string of the molecule is CCc1cc(CC)n(C[C@@H](C)O)n1. The minimum absolute atomic E-state index is 0.324. The summed E-state index contributed by atoms with van der Waals surface area (Å²) >= 11 is 0. The van der Waals surface area contributed by atoms with Gasteiger partial charge in [0.15, 0.2) is 0 Å². The third-order valence-corrected chi connectivity index (χ3v) is 2.08. The molecule has 3 heteroatoms. The first-order valence-electron chi connectivity index (χ1n) is 4.91. The molecule has 1 heterocycles. The Morgan fingerprint density at radius 1 is 1.46 bits per heavy atom. The molecule has 0 aliphatic rings. The van der Waals surface area contributed by atoms with Crippen molar-refractivity contribution in [2.75, 3.05) is 0 Å². The molecule has 0 aromatic carbocycles. The van der Waals surface area contributed by atoms with E-state index in [1.54, 1.807) is 6.92 Å². The number of aryl methyl sites for hydroxylation is 2. The fraction of sp³-hybridized carbons (Fsp3) is 0.700. The number of nitrogens with zero attached hydrogens (tertiary/aromatic N) is 2. The lowest BCUT2D eigenvalue weighted by molar-refractivity contribution is 0.167. The van der Waals surface area contributed by atoms with E-state index in [2.05, 4.69) is 25.0 Å². The molecule has 0 fully saturated rings. The summed E-state index contributed by atoms with van der Waals surface area (Å²) < 4.78 is 1.91. The molecule has 0 bridgehead atoms. The van der Waals surface area contributed by atoms with Crippen molar-refractivity contribution in [1.29, 1.82) is 0 Å². The van der Waals surface area contributed by atoms with Crippen LogP contribution in [0.1, 0.15) is 32.2 Å². The van der Waals surface area contributed by atoms with Gasteiger partial charge in [-0.25, -0.2) is 0 Å². The van der Waals surface area contributed by atoms with Gasteiger partial charge in [0.05, 0.1) is 18.3 Å². The number of rotatable bonds is 4. The zero-order valence-electron chi connectivity index (χ0n) is 8.62. The van der Waals surface area contributed by atoms with Gasteiger partial charge in [0.25, 0.3) is 0 Å². The molecule has 1 aromatic rings. The molecular weight excluding hydrogens is 164 g/mol. The van der Waals surface area contributed by atoms with Crippen LogP contribution >= 0.6 is 0 Å². The topological polar surface area (TPSA) is 38.0 Å². The Kier molecular flexibility index (Phi) is 3.48. The Morgan fingerprint density at radius 2 is 2.15 bits per heavy atom. The van der Waals surface area contributed by atoms with Crippen molar-refractivity contribution < 1.29 is 5.11 Å². The minimum Gasteiger partial charge on any atom is -0.391 e. The molecule has 3 nitrogen and oxygen atoms in total. The monoisotopic (exact) mass is 182 g/mol. The maximum absolute atomic E-state index is 9.25. The van der Waals surface area contributed by atoms with Gasteiger partial charge in [-0.15, -0.1) is 0 Å². The van der Waals surface area contributed by atoms with Crippen molar-refractivity contribution in [1.82, 2.24) is 9.78 Å². The lowest BCUT2D eigenvalue weighted by atomic mass is 10.2. The second kappa shape index (κ2) is 4.42. The van der Waals surface area contributed by atoms with Crippen molar-refractivity contribution in [3.05, 3.63) is 17.5 Å². The van der Waals surface area contributed by atoms with E-state index in [-0.39, 0.29) is 6.10 Å². The van der Waals surface area contributed by atoms with Crippen molar-refractivity contribution >= 4 is 0 Å². The summed E-state index contributed by atoms with van der Waals surface area (Å²) in [5, 5.41) is 13.6. The number of hydrogen-bond acceptors (Lipinski definition) is 2. The molecule has 0 aliphatic carbocycles. The fourth-order valence-corrected chi connectivity index (χ4v) is 1.38. The molecule has 0 unspecified atom stereocenters. The molecule has 0 saturated heterocycles. The highest BCUT2D eigenvalue weighted by Crippen LogP contribution is 2.06. The van der Waals surface area contributed by atoms with Crippen LogP contribution in [-0.2, 0) is 19.4 Å². The molecular formula is C10H18N2O. The van der Waals surface area contributed by atoms with Gasteiger partial charge < -0.3 is 5.11 Å². The third-order valence-electron chi connectivity index (χ3n) is 2.08. The Hall–Kier alpha value is -0.830. The standard InChI is InChI=1S/C10H18N2O/c1-4-9-6-10(5-2)12(11-9)7-8(3)13/h6,8,13H,4-5,7H2,1-3H3/t8-/m1/s1. The van der Waals surface area contributed by atoms with E-state index >= 15 is 0 Å². The molecule has 0 saturated carbocycles. The average molecular weight is 182 g/mol. The molecule has 74 valence electrons. The van der Waals surface area contributed by atoms with E-state index in [0.29, 0.717) is 6.54 Å². The van der Waals surface area contributed by atoms with Crippen LogP contribution in [-0.4, -0.2) is 21.0 Å². The second-order valence-electron chi connectivity index (χ2n) is 3.37. The second-order valence-corrected chi connectivity index (χ2v) is 3.37. The van der Waals surface area contributed by atoms with Gasteiger partial charge in [-0.05, 0) is 25.8 Å². The van der Waals surface area contributed by atoms with Crippen molar-refractivity contribution in [3.63, 3.8) is 0 Å². The van der Waals surface area contributed by atoms with Crippen LogP contribution in [0.5, 0.6) is 0 Å². The molecule has 0 aliphatic heterocycles. The Bertz CT molecular complexity index is 266. The quantitative estimate of drug-likeness (QED) is 0.764. The van der Waals surface area contributed by atoms with Crippen LogP contribution in [0.4, 0.5) is 0 Å². The first-order valence-corrected chi connectivity index (χ1v) is 4.91. The smallest absolute Gasteiger partial charge is 0.0708 e. The molecule has 1 N–H and O–H groups in total. The zero-order valence-corrected chi connectivity index (χ0v) is 8.62. The summed E-state index contributed by atoms with van der Waals surface area (Å²) in [5.74, 6) is 0. The molecule has 1 atom stereocenters. The van der Waals surface area contributed by atoms with Gasteiger partial charge in [0.2, 0.25) is 0 Å². The van der Waals surface area contributed by atoms with E-state index < -0.39 is 0 Å². The van der Waals surface area contributed by atoms with Crippen LogP contribution < -0.4 is 0 Å². The normalized spacial score (nSPS) is 13.2. The van der Waals surface area contributed by atoms with E-state index in [0.717, 1.165) is 18.5 Å². The zero-order chi connectivity index (χ0) is 9.84. The number of aliphatic hydroxyl groups is 1. The first-order chi connectivity index (χ1) is 6.17. The Labute approximate surface area is 79.4 Å². The fourth-order valence-electron chi connectivity index (χ4n) is 1.38. The molecule has 1 aromatic heterocycles. The summed E-state index contributed by atoms with van der Waals surface area (Å²) in [6.07, 6.45) is 1.61. The lowest BCUT2D eigenvalue weighted by Crippen LogP contribution is -2.15. The lowest BCUT2D eigenvalue weighted by Gasteiger charge is -2.07.